The third kappa shape index (κ3) is 6.08. The Hall–Kier alpha value is -2.84. The molecule has 0 spiro atoms. The van der Waals surface area contributed by atoms with Crippen molar-refractivity contribution in [3.63, 3.8) is 0 Å². The van der Waals surface area contributed by atoms with Gasteiger partial charge in [-0.25, -0.2) is 4.79 Å². The smallest absolute Gasteiger partial charge is 0.338 e. The van der Waals surface area contributed by atoms with E-state index >= 15 is 0 Å². The van der Waals surface area contributed by atoms with Crippen molar-refractivity contribution in [2.24, 2.45) is 0 Å². The number of aromatic nitrogens is 3. The molecule has 31 heavy (non-hydrogen) atoms. The third-order valence-corrected chi connectivity index (χ3v) is 5.51. The SMILES string of the molecule is CCCOC(=O)c1cccc(NC(=O)CSc2nnc(-c3ccc(Cl)cc3)n2CC)c1. The normalized spacial score (nSPS) is 10.7. The molecule has 0 fully saturated rings. The van der Waals surface area contributed by atoms with Crippen molar-refractivity contribution >= 4 is 40.9 Å². The second kappa shape index (κ2) is 11.0. The monoisotopic (exact) mass is 458 g/mol. The lowest BCUT2D eigenvalue weighted by Crippen LogP contribution is -2.15. The average molecular weight is 459 g/mol. The number of ether oxygens (including phenoxy) is 1. The standard InChI is InChI=1S/C22H23ClN4O3S/c1-3-12-30-21(29)16-6-5-7-18(13-16)24-19(28)14-31-22-26-25-20(27(22)4-2)15-8-10-17(23)11-9-15/h5-11,13H,3-4,12,14H2,1-2H3,(H,24,28). The summed E-state index contributed by atoms with van der Waals surface area (Å²) in [6.45, 7) is 4.95. The summed E-state index contributed by atoms with van der Waals surface area (Å²) in [6.07, 6.45) is 0.751. The van der Waals surface area contributed by atoms with E-state index in [1.54, 1.807) is 36.4 Å². The van der Waals surface area contributed by atoms with E-state index in [1.165, 1.54) is 11.8 Å². The van der Waals surface area contributed by atoms with Crippen molar-refractivity contribution < 1.29 is 14.3 Å². The van der Waals surface area contributed by atoms with E-state index in [2.05, 4.69) is 15.5 Å². The number of carbonyl (C=O) groups excluding carboxylic acids is 2. The zero-order valence-electron chi connectivity index (χ0n) is 17.3. The van der Waals surface area contributed by atoms with Crippen LogP contribution >= 0.6 is 23.4 Å². The topological polar surface area (TPSA) is 86.1 Å². The Kier molecular flexibility index (Phi) is 8.08. The van der Waals surface area contributed by atoms with E-state index in [0.717, 1.165) is 17.8 Å². The molecular weight excluding hydrogens is 436 g/mol. The first-order chi connectivity index (χ1) is 15.0. The van der Waals surface area contributed by atoms with Gasteiger partial charge in [-0.05, 0) is 55.8 Å². The highest BCUT2D eigenvalue weighted by atomic mass is 35.5. The molecule has 3 aromatic rings. The van der Waals surface area contributed by atoms with Crippen molar-refractivity contribution in [3.05, 3.63) is 59.1 Å². The van der Waals surface area contributed by atoms with Gasteiger partial charge in [-0.2, -0.15) is 0 Å². The van der Waals surface area contributed by atoms with Gasteiger partial charge in [0.15, 0.2) is 11.0 Å². The number of amides is 1. The van der Waals surface area contributed by atoms with Crippen LogP contribution in [-0.2, 0) is 16.1 Å². The summed E-state index contributed by atoms with van der Waals surface area (Å²) in [7, 11) is 0. The van der Waals surface area contributed by atoms with Gasteiger partial charge in [0.05, 0.1) is 17.9 Å². The van der Waals surface area contributed by atoms with Gasteiger partial charge in [-0.15, -0.1) is 10.2 Å². The largest absolute Gasteiger partial charge is 0.462 e. The molecule has 9 heteroatoms. The molecule has 0 unspecified atom stereocenters. The van der Waals surface area contributed by atoms with Crippen LogP contribution in [0, 0.1) is 0 Å². The van der Waals surface area contributed by atoms with Crippen molar-refractivity contribution in [1.82, 2.24) is 14.8 Å². The first-order valence-corrected chi connectivity index (χ1v) is 11.3. The van der Waals surface area contributed by atoms with Crippen LogP contribution in [0.5, 0.6) is 0 Å². The maximum Gasteiger partial charge on any atom is 0.338 e. The van der Waals surface area contributed by atoms with Crippen molar-refractivity contribution in [3.8, 4) is 11.4 Å². The van der Waals surface area contributed by atoms with E-state index in [0.29, 0.717) is 34.6 Å². The number of esters is 1. The van der Waals surface area contributed by atoms with Gasteiger partial charge >= 0.3 is 5.97 Å². The number of thioether (sulfide) groups is 1. The Morgan fingerprint density at radius 1 is 1.13 bits per heavy atom. The second-order valence-corrected chi connectivity index (χ2v) is 7.99. The Balaban J connectivity index is 1.62. The Morgan fingerprint density at radius 2 is 1.90 bits per heavy atom. The Morgan fingerprint density at radius 3 is 2.61 bits per heavy atom. The predicted octanol–water partition coefficient (Wildman–Crippen LogP) is 4.92. The highest BCUT2D eigenvalue weighted by molar-refractivity contribution is 7.99. The minimum absolute atomic E-state index is 0.156. The molecular formula is C22H23ClN4O3S. The summed E-state index contributed by atoms with van der Waals surface area (Å²) in [5, 5.41) is 12.6. The molecule has 0 bridgehead atoms. The minimum Gasteiger partial charge on any atom is -0.462 e. The van der Waals surface area contributed by atoms with Crippen LogP contribution in [0.4, 0.5) is 5.69 Å². The molecule has 1 N–H and O–H groups in total. The number of anilines is 1. The molecule has 1 amide bonds. The molecule has 1 aromatic heterocycles. The number of carbonyl (C=O) groups is 2. The molecule has 0 atom stereocenters. The molecule has 0 aliphatic heterocycles. The van der Waals surface area contributed by atoms with Gasteiger partial charge in [0.2, 0.25) is 5.91 Å². The summed E-state index contributed by atoms with van der Waals surface area (Å²) in [5.41, 5.74) is 1.84. The number of nitrogens with zero attached hydrogens (tertiary/aromatic N) is 3. The number of halogens is 1. The summed E-state index contributed by atoms with van der Waals surface area (Å²) in [4.78, 5) is 24.4. The van der Waals surface area contributed by atoms with Crippen molar-refractivity contribution in [1.29, 1.82) is 0 Å². The quantitative estimate of drug-likeness (QED) is 0.362. The highest BCUT2D eigenvalue weighted by Crippen LogP contribution is 2.25. The van der Waals surface area contributed by atoms with E-state index in [4.69, 9.17) is 16.3 Å². The second-order valence-electron chi connectivity index (χ2n) is 6.61. The van der Waals surface area contributed by atoms with Crippen molar-refractivity contribution in [2.45, 2.75) is 32.0 Å². The number of nitrogens with one attached hydrogen (secondary N) is 1. The van der Waals surface area contributed by atoms with Crippen LogP contribution in [0.1, 0.15) is 30.6 Å². The fourth-order valence-electron chi connectivity index (χ4n) is 2.82. The first-order valence-electron chi connectivity index (χ1n) is 9.90. The number of benzene rings is 2. The predicted molar refractivity (Wildman–Crippen MR) is 123 cm³/mol. The molecule has 0 aliphatic carbocycles. The van der Waals surface area contributed by atoms with E-state index in [-0.39, 0.29) is 11.7 Å². The molecule has 1 heterocycles. The van der Waals surface area contributed by atoms with Gasteiger partial charge in [0.1, 0.15) is 0 Å². The first kappa shape index (κ1) is 22.8. The zero-order chi connectivity index (χ0) is 22.2. The summed E-state index contributed by atoms with van der Waals surface area (Å²) in [5.74, 6) is 0.268. The van der Waals surface area contributed by atoms with Gasteiger partial charge in [-0.3, -0.25) is 4.79 Å². The molecule has 0 saturated heterocycles. The fourth-order valence-corrected chi connectivity index (χ4v) is 3.75. The van der Waals surface area contributed by atoms with Crippen LogP contribution in [0.25, 0.3) is 11.4 Å². The van der Waals surface area contributed by atoms with E-state index in [1.807, 2.05) is 30.5 Å². The molecule has 2 aromatic carbocycles. The molecule has 0 saturated carbocycles. The fraction of sp³-hybridized carbons (Fsp3) is 0.273. The zero-order valence-corrected chi connectivity index (χ0v) is 18.9. The lowest BCUT2D eigenvalue weighted by atomic mass is 10.2. The molecule has 162 valence electrons. The van der Waals surface area contributed by atoms with Crippen LogP contribution in [-0.4, -0.2) is 39.0 Å². The van der Waals surface area contributed by atoms with Crippen LogP contribution in [0.2, 0.25) is 5.02 Å². The van der Waals surface area contributed by atoms with Crippen LogP contribution in [0.15, 0.2) is 53.7 Å². The number of hydrogen-bond donors (Lipinski definition) is 1. The molecule has 7 nitrogen and oxygen atoms in total. The highest BCUT2D eigenvalue weighted by Gasteiger charge is 2.15. The van der Waals surface area contributed by atoms with E-state index < -0.39 is 5.97 Å². The Bertz CT molecular complexity index is 1050. The maximum atomic E-state index is 12.4. The number of rotatable bonds is 9. The number of hydrogen-bond acceptors (Lipinski definition) is 6. The lowest BCUT2D eigenvalue weighted by Gasteiger charge is -2.09. The van der Waals surface area contributed by atoms with Gasteiger partial charge in [0, 0.05) is 22.8 Å². The summed E-state index contributed by atoms with van der Waals surface area (Å²) in [6, 6.07) is 14.1. The average Bonchev–Trinajstić information content (AvgIpc) is 3.19. The minimum atomic E-state index is -0.405. The van der Waals surface area contributed by atoms with Gasteiger partial charge in [0.25, 0.3) is 0 Å². The summed E-state index contributed by atoms with van der Waals surface area (Å²) >= 11 is 7.26. The van der Waals surface area contributed by atoms with Crippen LogP contribution in [0.3, 0.4) is 0 Å². The van der Waals surface area contributed by atoms with Crippen LogP contribution < -0.4 is 5.32 Å². The van der Waals surface area contributed by atoms with E-state index in [9.17, 15) is 9.59 Å². The van der Waals surface area contributed by atoms with Gasteiger partial charge < -0.3 is 14.6 Å². The molecule has 3 rings (SSSR count). The molecule has 0 aliphatic rings. The lowest BCUT2D eigenvalue weighted by molar-refractivity contribution is -0.113. The molecule has 0 radical (unpaired) electrons. The van der Waals surface area contributed by atoms with Gasteiger partial charge in [-0.1, -0.05) is 36.4 Å². The van der Waals surface area contributed by atoms with Crippen molar-refractivity contribution in [2.75, 3.05) is 17.7 Å². The maximum absolute atomic E-state index is 12.4. The third-order valence-electron chi connectivity index (χ3n) is 4.29. The Labute approximate surface area is 190 Å². The summed E-state index contributed by atoms with van der Waals surface area (Å²) < 4.78 is 7.08.